The maximum atomic E-state index is 13.9. The van der Waals surface area contributed by atoms with E-state index in [1.165, 1.54) is 6.07 Å². The molecule has 0 heterocycles. The van der Waals surface area contributed by atoms with E-state index in [0.717, 1.165) is 27.7 Å². The number of aliphatic imine (C=N–C) groups is 1. The third kappa shape index (κ3) is 4.60. The minimum Gasteiger partial charge on any atom is -0.383 e. The Hall–Kier alpha value is -2.55. The van der Waals surface area contributed by atoms with Gasteiger partial charge in [0.1, 0.15) is 16.5 Å². The molecule has 4 N–H and O–H groups in total. The molecule has 0 amide bonds. The first-order chi connectivity index (χ1) is 12.7. The zero-order valence-corrected chi connectivity index (χ0v) is 16.3. The van der Waals surface area contributed by atoms with E-state index in [1.807, 2.05) is 48.5 Å². The SMILES string of the molecule is NC(=Nc1ccc(S(N)(=O)=O)c(F)c1)c1ccc(-c2ccc(Br)cc2)cc1. The predicted octanol–water partition coefficient (Wildman–Crippen LogP) is 3.94. The first-order valence-electron chi connectivity index (χ1n) is 7.77. The lowest BCUT2D eigenvalue weighted by molar-refractivity contribution is 0.568. The fourth-order valence-electron chi connectivity index (χ4n) is 2.47. The van der Waals surface area contributed by atoms with Gasteiger partial charge in [-0.25, -0.2) is 22.9 Å². The van der Waals surface area contributed by atoms with Gasteiger partial charge in [0.05, 0.1) is 5.69 Å². The van der Waals surface area contributed by atoms with Crippen LogP contribution in [-0.4, -0.2) is 14.3 Å². The maximum absolute atomic E-state index is 13.9. The molecular formula is C19H15BrFN3O2S. The van der Waals surface area contributed by atoms with Crippen molar-refractivity contribution >= 4 is 37.5 Å². The molecule has 0 radical (unpaired) electrons. The van der Waals surface area contributed by atoms with E-state index in [-0.39, 0.29) is 11.5 Å². The Labute approximate surface area is 164 Å². The number of nitrogens with zero attached hydrogens (tertiary/aromatic N) is 1. The molecule has 8 heteroatoms. The normalized spacial score (nSPS) is 12.2. The van der Waals surface area contributed by atoms with Crippen LogP contribution in [-0.2, 0) is 10.0 Å². The van der Waals surface area contributed by atoms with Crippen LogP contribution >= 0.6 is 15.9 Å². The van der Waals surface area contributed by atoms with Crippen LogP contribution in [0.15, 0.2) is 81.1 Å². The summed E-state index contributed by atoms with van der Waals surface area (Å²) in [7, 11) is -4.12. The molecule has 0 aliphatic carbocycles. The molecule has 0 unspecified atom stereocenters. The van der Waals surface area contributed by atoms with Crippen molar-refractivity contribution in [2.24, 2.45) is 15.9 Å². The van der Waals surface area contributed by atoms with E-state index in [1.54, 1.807) is 0 Å². The molecule has 0 aliphatic heterocycles. The Balaban J connectivity index is 1.86. The van der Waals surface area contributed by atoms with Gasteiger partial charge in [0.2, 0.25) is 10.0 Å². The third-order valence-electron chi connectivity index (χ3n) is 3.83. The van der Waals surface area contributed by atoms with Crippen LogP contribution in [0, 0.1) is 5.82 Å². The van der Waals surface area contributed by atoms with Crippen molar-refractivity contribution in [3.05, 3.63) is 82.6 Å². The van der Waals surface area contributed by atoms with Gasteiger partial charge in [-0.15, -0.1) is 0 Å². The maximum Gasteiger partial charge on any atom is 0.240 e. The Morgan fingerprint density at radius 2 is 1.48 bits per heavy atom. The summed E-state index contributed by atoms with van der Waals surface area (Å²) in [6.07, 6.45) is 0. The van der Waals surface area contributed by atoms with Crippen molar-refractivity contribution < 1.29 is 12.8 Å². The third-order valence-corrected chi connectivity index (χ3v) is 5.30. The largest absolute Gasteiger partial charge is 0.383 e. The molecule has 3 rings (SSSR count). The van der Waals surface area contributed by atoms with Crippen LogP contribution in [0.25, 0.3) is 11.1 Å². The second-order valence-electron chi connectivity index (χ2n) is 5.74. The second-order valence-corrected chi connectivity index (χ2v) is 8.19. The van der Waals surface area contributed by atoms with E-state index in [0.29, 0.717) is 5.56 Å². The van der Waals surface area contributed by atoms with Crippen molar-refractivity contribution in [1.29, 1.82) is 0 Å². The molecule has 5 nitrogen and oxygen atoms in total. The van der Waals surface area contributed by atoms with Crippen LogP contribution in [0.3, 0.4) is 0 Å². The number of rotatable bonds is 4. The van der Waals surface area contributed by atoms with Gasteiger partial charge in [0.25, 0.3) is 0 Å². The lowest BCUT2D eigenvalue weighted by Gasteiger charge is -2.06. The van der Waals surface area contributed by atoms with Gasteiger partial charge in [-0.05, 0) is 35.4 Å². The lowest BCUT2D eigenvalue weighted by Crippen LogP contribution is -2.14. The smallest absolute Gasteiger partial charge is 0.240 e. The van der Waals surface area contributed by atoms with Crippen LogP contribution in [0.1, 0.15) is 5.56 Å². The van der Waals surface area contributed by atoms with Crippen molar-refractivity contribution in [2.45, 2.75) is 4.90 Å². The van der Waals surface area contributed by atoms with Gasteiger partial charge in [-0.3, -0.25) is 0 Å². The number of halogens is 2. The van der Waals surface area contributed by atoms with Gasteiger partial charge >= 0.3 is 0 Å². The van der Waals surface area contributed by atoms with Gasteiger partial charge in [0, 0.05) is 16.1 Å². The van der Waals surface area contributed by atoms with E-state index in [2.05, 4.69) is 20.9 Å². The molecule has 138 valence electrons. The van der Waals surface area contributed by atoms with E-state index in [9.17, 15) is 12.8 Å². The molecule has 0 saturated heterocycles. The van der Waals surface area contributed by atoms with E-state index >= 15 is 0 Å². The molecule has 3 aromatic rings. The summed E-state index contributed by atoms with van der Waals surface area (Å²) in [6, 6.07) is 18.7. The van der Waals surface area contributed by atoms with Crippen LogP contribution < -0.4 is 10.9 Å². The van der Waals surface area contributed by atoms with Crippen molar-refractivity contribution in [1.82, 2.24) is 0 Å². The number of primary sulfonamides is 1. The van der Waals surface area contributed by atoms with Crippen molar-refractivity contribution in [3.8, 4) is 11.1 Å². The summed E-state index contributed by atoms with van der Waals surface area (Å²) in [6.45, 7) is 0. The van der Waals surface area contributed by atoms with Crippen molar-refractivity contribution in [3.63, 3.8) is 0 Å². The molecule has 0 bridgehead atoms. The number of benzene rings is 3. The summed E-state index contributed by atoms with van der Waals surface area (Å²) >= 11 is 3.40. The van der Waals surface area contributed by atoms with Gasteiger partial charge in [-0.2, -0.15) is 0 Å². The van der Waals surface area contributed by atoms with Gasteiger partial charge in [-0.1, -0.05) is 52.3 Å². The summed E-state index contributed by atoms with van der Waals surface area (Å²) in [5.41, 5.74) is 8.91. The van der Waals surface area contributed by atoms with Crippen molar-refractivity contribution in [2.75, 3.05) is 0 Å². The highest BCUT2D eigenvalue weighted by Crippen LogP contribution is 2.23. The summed E-state index contributed by atoms with van der Waals surface area (Å²) < 4.78 is 37.4. The molecule has 0 aliphatic rings. The summed E-state index contributed by atoms with van der Waals surface area (Å²) in [4.78, 5) is 3.56. The Morgan fingerprint density at radius 1 is 0.926 bits per heavy atom. The molecule has 0 aromatic heterocycles. The fraction of sp³-hybridized carbons (Fsp3) is 0. The zero-order chi connectivity index (χ0) is 19.6. The molecular weight excluding hydrogens is 433 g/mol. The number of hydrogen-bond donors (Lipinski definition) is 2. The minimum atomic E-state index is -4.12. The standard InChI is InChI=1S/C19H15BrFN3O2S/c20-15-7-5-13(6-8-15)12-1-3-14(4-2-12)19(22)24-16-9-10-18(17(21)11-16)27(23,25)26/h1-11H,(H2,22,24)(H2,23,25,26). The first kappa shape index (κ1) is 19.2. The fourth-order valence-corrected chi connectivity index (χ4v) is 3.32. The molecule has 27 heavy (non-hydrogen) atoms. The highest BCUT2D eigenvalue weighted by Gasteiger charge is 2.14. The number of nitrogens with two attached hydrogens (primary N) is 2. The molecule has 0 spiro atoms. The predicted molar refractivity (Wildman–Crippen MR) is 108 cm³/mol. The first-order valence-corrected chi connectivity index (χ1v) is 10.1. The Morgan fingerprint density at radius 3 is 2.00 bits per heavy atom. The monoisotopic (exact) mass is 447 g/mol. The minimum absolute atomic E-state index is 0.181. The number of hydrogen-bond acceptors (Lipinski definition) is 3. The zero-order valence-electron chi connectivity index (χ0n) is 13.9. The molecule has 0 atom stereocenters. The average molecular weight is 448 g/mol. The van der Waals surface area contributed by atoms with Gasteiger partial charge < -0.3 is 5.73 Å². The van der Waals surface area contributed by atoms with Gasteiger partial charge in [0.15, 0.2) is 0 Å². The molecule has 0 saturated carbocycles. The Bertz CT molecular complexity index is 1110. The summed E-state index contributed by atoms with van der Waals surface area (Å²) in [5.74, 6) is -0.794. The highest BCUT2D eigenvalue weighted by molar-refractivity contribution is 9.10. The van der Waals surface area contributed by atoms with Crippen LogP contribution in [0.2, 0.25) is 0 Å². The van der Waals surface area contributed by atoms with E-state index in [4.69, 9.17) is 10.9 Å². The second kappa shape index (κ2) is 7.59. The highest BCUT2D eigenvalue weighted by atomic mass is 79.9. The Kier molecular flexibility index (Phi) is 5.41. The molecule has 0 fully saturated rings. The van der Waals surface area contributed by atoms with Crippen LogP contribution in [0.4, 0.5) is 10.1 Å². The topological polar surface area (TPSA) is 98.5 Å². The van der Waals surface area contributed by atoms with Crippen LogP contribution in [0.5, 0.6) is 0 Å². The van der Waals surface area contributed by atoms with E-state index < -0.39 is 20.7 Å². The average Bonchev–Trinajstić information content (AvgIpc) is 2.61. The quantitative estimate of drug-likeness (QED) is 0.467. The lowest BCUT2D eigenvalue weighted by atomic mass is 10.0. The number of sulfonamides is 1. The molecule has 3 aromatic carbocycles. The number of amidine groups is 1. The summed E-state index contributed by atoms with van der Waals surface area (Å²) in [5, 5.41) is 4.94.